The van der Waals surface area contributed by atoms with Crippen LogP contribution in [-0.2, 0) is 10.1 Å². The van der Waals surface area contributed by atoms with Gasteiger partial charge < -0.3 is 4.74 Å². The summed E-state index contributed by atoms with van der Waals surface area (Å²) in [5, 5.41) is 0. The van der Waals surface area contributed by atoms with E-state index >= 15 is 0 Å². The van der Waals surface area contributed by atoms with Gasteiger partial charge in [-0.2, -0.15) is 8.42 Å². The molecule has 0 fully saturated rings. The highest BCUT2D eigenvalue weighted by Crippen LogP contribution is 2.27. The molecule has 1 aromatic rings. The van der Waals surface area contributed by atoms with Crippen LogP contribution in [0.4, 0.5) is 0 Å². The fraction of sp³-hybridized carbons (Fsp3) is 0.778. The van der Waals surface area contributed by atoms with Gasteiger partial charge in [0.1, 0.15) is 5.75 Å². The van der Waals surface area contributed by atoms with E-state index in [9.17, 15) is 13.0 Å². The third kappa shape index (κ3) is 13.5. The third-order valence-corrected chi connectivity index (χ3v) is 7.06. The summed E-state index contributed by atoms with van der Waals surface area (Å²) in [5.41, 5.74) is 1.48. The number of unbranched alkanes of at least 4 members (excludes halogenated alkanes) is 16. The molecular weight excluding hydrogens is 420 g/mol. The van der Waals surface area contributed by atoms with Crippen LogP contribution in [0.15, 0.2) is 17.0 Å². The number of ether oxygens (including phenoxy) is 1. The maximum absolute atomic E-state index is 11.3. The molecule has 0 aliphatic heterocycles. The largest absolute Gasteiger partial charge is 0.493 e. The van der Waals surface area contributed by atoms with E-state index < -0.39 is 10.1 Å². The van der Waals surface area contributed by atoms with Crippen molar-refractivity contribution < 1.29 is 17.7 Å². The van der Waals surface area contributed by atoms with Crippen LogP contribution in [0.1, 0.15) is 127 Å². The highest BCUT2D eigenvalue weighted by molar-refractivity contribution is 7.85. The minimum Gasteiger partial charge on any atom is -0.493 e. The molecule has 0 saturated heterocycles. The lowest BCUT2D eigenvalue weighted by atomic mass is 10.0. The third-order valence-electron chi connectivity index (χ3n) is 6.23. The van der Waals surface area contributed by atoms with Crippen LogP contribution in [0.2, 0.25) is 0 Å². The van der Waals surface area contributed by atoms with Crippen LogP contribution in [0.3, 0.4) is 0 Å². The van der Waals surface area contributed by atoms with Gasteiger partial charge in [0.2, 0.25) is 0 Å². The number of aryl methyl sites for hydroxylation is 2. The molecule has 1 rings (SSSR count). The lowest BCUT2D eigenvalue weighted by Crippen LogP contribution is -2.04. The lowest BCUT2D eigenvalue weighted by Gasteiger charge is -2.13. The van der Waals surface area contributed by atoms with Gasteiger partial charge >= 0.3 is 0 Å². The summed E-state index contributed by atoms with van der Waals surface area (Å²) in [4.78, 5) is -0.0716. The van der Waals surface area contributed by atoms with Crippen LogP contribution < -0.4 is 4.74 Å². The van der Waals surface area contributed by atoms with Crippen LogP contribution in [0, 0.1) is 13.8 Å². The zero-order valence-electron chi connectivity index (χ0n) is 21.0. The summed E-state index contributed by atoms with van der Waals surface area (Å²) in [5.74, 6) is 0.730. The molecule has 0 atom stereocenters. The van der Waals surface area contributed by atoms with E-state index in [1.54, 1.807) is 0 Å². The van der Waals surface area contributed by atoms with E-state index in [-0.39, 0.29) is 4.90 Å². The van der Waals surface area contributed by atoms with Crippen molar-refractivity contribution in [3.8, 4) is 5.75 Å². The van der Waals surface area contributed by atoms with Crippen molar-refractivity contribution >= 4 is 10.1 Å². The maximum atomic E-state index is 11.3. The topological polar surface area (TPSA) is 63.6 Å². The SMILES string of the molecule is CCCCCCCCCCCCCCCCCCCOc1c(C)cc(S(=O)(=O)O)cc1C. The molecule has 0 aliphatic carbocycles. The summed E-state index contributed by atoms with van der Waals surface area (Å²) in [7, 11) is -4.17. The fourth-order valence-electron chi connectivity index (χ4n) is 4.29. The maximum Gasteiger partial charge on any atom is 0.294 e. The van der Waals surface area contributed by atoms with Gasteiger partial charge in [0, 0.05) is 0 Å². The van der Waals surface area contributed by atoms with Crippen LogP contribution in [-0.4, -0.2) is 19.6 Å². The van der Waals surface area contributed by atoms with Crippen molar-refractivity contribution in [2.45, 2.75) is 135 Å². The van der Waals surface area contributed by atoms with Crippen LogP contribution >= 0.6 is 0 Å². The first-order chi connectivity index (χ1) is 15.4. The highest BCUT2D eigenvalue weighted by Gasteiger charge is 2.14. The van der Waals surface area contributed by atoms with Crippen molar-refractivity contribution in [2.24, 2.45) is 0 Å². The van der Waals surface area contributed by atoms with Gasteiger partial charge in [-0.3, -0.25) is 4.55 Å². The summed E-state index contributed by atoms with van der Waals surface area (Å²) in [6, 6.07) is 2.93. The average molecular weight is 469 g/mol. The first-order valence-corrected chi connectivity index (χ1v) is 14.5. The van der Waals surface area contributed by atoms with Gasteiger partial charge in [-0.25, -0.2) is 0 Å². The van der Waals surface area contributed by atoms with Crippen LogP contribution in [0.5, 0.6) is 5.75 Å². The lowest BCUT2D eigenvalue weighted by molar-refractivity contribution is 0.300. The van der Waals surface area contributed by atoms with Gasteiger partial charge in [-0.05, 0) is 43.5 Å². The second-order valence-corrected chi connectivity index (χ2v) is 10.8. The molecule has 0 spiro atoms. The summed E-state index contributed by atoms with van der Waals surface area (Å²) < 4.78 is 37.7. The van der Waals surface area contributed by atoms with Crippen LogP contribution in [0.25, 0.3) is 0 Å². The molecule has 5 heteroatoms. The minimum absolute atomic E-state index is 0.0716. The van der Waals surface area contributed by atoms with Gasteiger partial charge in [0.15, 0.2) is 0 Å². The van der Waals surface area contributed by atoms with E-state index in [2.05, 4.69) is 6.92 Å². The smallest absolute Gasteiger partial charge is 0.294 e. The number of benzene rings is 1. The second kappa shape index (κ2) is 17.4. The van der Waals surface area contributed by atoms with E-state index in [0.29, 0.717) is 6.61 Å². The van der Waals surface area contributed by atoms with Gasteiger partial charge in [0.05, 0.1) is 11.5 Å². The first kappa shape index (κ1) is 29.0. The Kier molecular flexibility index (Phi) is 15.8. The predicted octanol–water partition coefficient (Wildman–Crippen LogP) is 8.58. The molecule has 0 aromatic heterocycles. The molecule has 0 bridgehead atoms. The van der Waals surface area contributed by atoms with Gasteiger partial charge in [-0.1, -0.05) is 110 Å². The minimum atomic E-state index is -4.17. The van der Waals surface area contributed by atoms with Crippen molar-refractivity contribution in [3.05, 3.63) is 23.3 Å². The Morgan fingerprint density at radius 3 is 1.34 bits per heavy atom. The van der Waals surface area contributed by atoms with E-state index in [1.165, 1.54) is 115 Å². The Bertz CT molecular complexity index is 689. The number of hydrogen-bond donors (Lipinski definition) is 1. The molecule has 0 amide bonds. The second-order valence-electron chi connectivity index (χ2n) is 9.37. The van der Waals surface area contributed by atoms with Crippen molar-refractivity contribution in [2.75, 3.05) is 6.61 Å². The average Bonchev–Trinajstić information content (AvgIpc) is 2.73. The van der Waals surface area contributed by atoms with Crippen molar-refractivity contribution in [1.82, 2.24) is 0 Å². The Morgan fingerprint density at radius 1 is 0.656 bits per heavy atom. The molecule has 1 N–H and O–H groups in total. The Balaban J connectivity index is 1.95. The monoisotopic (exact) mass is 468 g/mol. The quantitative estimate of drug-likeness (QED) is 0.154. The zero-order chi connectivity index (χ0) is 23.7. The molecule has 0 saturated carbocycles. The molecule has 0 aliphatic rings. The predicted molar refractivity (Wildman–Crippen MR) is 135 cm³/mol. The molecule has 0 unspecified atom stereocenters. The molecule has 0 heterocycles. The molecule has 1 aromatic carbocycles. The van der Waals surface area contributed by atoms with E-state index in [1.807, 2.05) is 13.8 Å². The van der Waals surface area contributed by atoms with Gasteiger partial charge in [0.25, 0.3) is 10.1 Å². The van der Waals surface area contributed by atoms with Crippen molar-refractivity contribution in [1.29, 1.82) is 0 Å². The molecule has 0 radical (unpaired) electrons. The number of rotatable bonds is 20. The molecule has 4 nitrogen and oxygen atoms in total. The zero-order valence-corrected chi connectivity index (χ0v) is 21.8. The molecule has 186 valence electrons. The normalized spacial score (nSPS) is 11.8. The summed E-state index contributed by atoms with van der Waals surface area (Å²) in [6.07, 6.45) is 23.0. The molecular formula is C27H48O4S. The molecule has 32 heavy (non-hydrogen) atoms. The van der Waals surface area contributed by atoms with Gasteiger partial charge in [-0.15, -0.1) is 0 Å². The summed E-state index contributed by atoms with van der Waals surface area (Å²) >= 11 is 0. The Morgan fingerprint density at radius 2 is 1.00 bits per heavy atom. The van der Waals surface area contributed by atoms with Crippen molar-refractivity contribution in [3.63, 3.8) is 0 Å². The van der Waals surface area contributed by atoms with E-state index in [4.69, 9.17) is 4.74 Å². The van der Waals surface area contributed by atoms with E-state index in [0.717, 1.165) is 23.3 Å². The highest BCUT2D eigenvalue weighted by atomic mass is 32.2. The summed E-state index contributed by atoms with van der Waals surface area (Å²) in [6.45, 7) is 6.54. The Hall–Kier alpha value is -1.07. The standard InChI is InChI=1S/C27H48O4S/c1-4-5-6-7-8-9-10-11-12-13-14-15-16-17-18-19-20-21-31-27-24(2)22-26(23-25(27)3)32(28,29)30/h22-23H,4-21H2,1-3H3,(H,28,29,30). The Labute approximate surface area is 198 Å². The fourth-order valence-corrected chi connectivity index (χ4v) is 4.94. The first-order valence-electron chi connectivity index (χ1n) is 13.1. The number of hydrogen-bond acceptors (Lipinski definition) is 3.